The van der Waals surface area contributed by atoms with Gasteiger partial charge < -0.3 is 48.7 Å². The molecular formula is C26H29NO11. The number of hydrogen-bond acceptors (Lipinski definition) is 11. The fourth-order valence-electron chi connectivity index (χ4n) is 5.31. The minimum absolute atomic E-state index is 0.0402. The zero-order chi connectivity index (χ0) is 26.8. The average molecular weight is 532 g/mol. The fraction of sp³-hybridized carbons (Fsp3) is 0.462. The molecule has 38 heavy (non-hydrogen) atoms. The van der Waals surface area contributed by atoms with Crippen LogP contribution in [-0.2, 0) is 19.0 Å². The Morgan fingerprint density at radius 3 is 2.37 bits per heavy atom. The van der Waals surface area contributed by atoms with Gasteiger partial charge >= 0.3 is 12.1 Å². The molecule has 0 spiro atoms. The van der Waals surface area contributed by atoms with Crippen LogP contribution in [0, 0.1) is 11.8 Å². The molecule has 1 saturated heterocycles. The molecule has 0 bridgehead atoms. The molecule has 0 saturated carbocycles. The number of aromatic hydroxyl groups is 1. The van der Waals surface area contributed by atoms with Gasteiger partial charge in [0.25, 0.3) is 0 Å². The van der Waals surface area contributed by atoms with Gasteiger partial charge in [0.1, 0.15) is 6.10 Å². The summed E-state index contributed by atoms with van der Waals surface area (Å²) in [6.07, 6.45) is -1.50. The maximum absolute atomic E-state index is 13.1. The lowest BCUT2D eigenvalue weighted by Gasteiger charge is -2.38. The van der Waals surface area contributed by atoms with Crippen LogP contribution < -0.4 is 24.3 Å². The Balaban J connectivity index is 1.55. The number of hydrogen-bond donors (Lipinski definition) is 3. The van der Waals surface area contributed by atoms with Gasteiger partial charge in [-0.15, -0.1) is 0 Å². The molecule has 2 aliphatic heterocycles. The van der Waals surface area contributed by atoms with Crippen molar-refractivity contribution in [1.29, 1.82) is 0 Å². The van der Waals surface area contributed by atoms with Gasteiger partial charge in [-0.25, -0.2) is 4.79 Å². The highest BCUT2D eigenvalue weighted by molar-refractivity contribution is 5.79. The predicted molar refractivity (Wildman–Crippen MR) is 129 cm³/mol. The number of esters is 1. The molecule has 0 unspecified atom stereocenters. The van der Waals surface area contributed by atoms with Crippen LogP contribution in [0.5, 0.6) is 28.7 Å². The molecule has 2 heterocycles. The maximum Gasteiger partial charge on any atom is 0.407 e. The molecule has 2 aromatic rings. The lowest BCUT2D eigenvalue weighted by atomic mass is 9.66. The molecule has 4 atom stereocenters. The van der Waals surface area contributed by atoms with Gasteiger partial charge in [-0.05, 0) is 35.4 Å². The molecule has 12 heteroatoms. The van der Waals surface area contributed by atoms with Crippen molar-refractivity contribution in [3.05, 3.63) is 41.0 Å². The zero-order valence-corrected chi connectivity index (χ0v) is 20.9. The van der Waals surface area contributed by atoms with E-state index < -0.39 is 35.9 Å². The second-order valence-electron chi connectivity index (χ2n) is 8.99. The van der Waals surface area contributed by atoms with Crippen LogP contribution in [0.25, 0.3) is 0 Å². The lowest BCUT2D eigenvalue weighted by Crippen LogP contribution is -2.38. The van der Waals surface area contributed by atoms with Crippen LogP contribution in [-0.4, -0.2) is 76.3 Å². The van der Waals surface area contributed by atoms with Gasteiger partial charge in [0.2, 0.25) is 12.5 Å². The van der Waals surface area contributed by atoms with E-state index in [1.54, 1.807) is 24.3 Å². The number of aliphatic hydroxyl groups is 1. The Hall–Kier alpha value is -3.90. The molecule has 5 rings (SSSR count). The summed E-state index contributed by atoms with van der Waals surface area (Å²) in [6, 6.07) is 6.85. The third-order valence-corrected chi connectivity index (χ3v) is 6.97. The minimum Gasteiger partial charge on any atom is -0.502 e. The summed E-state index contributed by atoms with van der Waals surface area (Å²) >= 11 is 0. The summed E-state index contributed by atoms with van der Waals surface area (Å²) in [5.74, 6) is -0.962. The van der Waals surface area contributed by atoms with Crippen molar-refractivity contribution in [1.82, 2.24) is 5.32 Å². The number of carbonyl (C=O) groups is 2. The largest absolute Gasteiger partial charge is 0.502 e. The summed E-state index contributed by atoms with van der Waals surface area (Å²) < 4.78 is 38.5. The lowest BCUT2D eigenvalue weighted by molar-refractivity contribution is -0.141. The number of aliphatic hydroxyl groups excluding tert-OH is 1. The van der Waals surface area contributed by atoms with Gasteiger partial charge in [-0.3, -0.25) is 4.79 Å². The van der Waals surface area contributed by atoms with Crippen molar-refractivity contribution >= 4 is 12.1 Å². The second-order valence-corrected chi connectivity index (χ2v) is 8.99. The number of alkyl carbamates (subject to hydrolysis) is 1. The van der Waals surface area contributed by atoms with E-state index in [4.69, 9.17) is 38.3 Å². The number of benzene rings is 2. The van der Waals surface area contributed by atoms with Crippen molar-refractivity contribution in [2.24, 2.45) is 11.8 Å². The van der Waals surface area contributed by atoms with Crippen molar-refractivity contribution < 1.29 is 53.0 Å². The molecule has 3 N–H and O–H groups in total. The minimum atomic E-state index is -0.813. The summed E-state index contributed by atoms with van der Waals surface area (Å²) in [5, 5.41) is 21.9. The van der Waals surface area contributed by atoms with Gasteiger partial charge in [0.15, 0.2) is 23.0 Å². The number of nitrogens with one attached hydrogen (secondary N) is 1. The molecule has 0 radical (unpaired) electrons. The summed E-state index contributed by atoms with van der Waals surface area (Å²) in [6.45, 7) is 0.527. The Kier molecular flexibility index (Phi) is 7.34. The van der Waals surface area contributed by atoms with Crippen molar-refractivity contribution in [2.75, 3.05) is 54.0 Å². The Bertz CT molecular complexity index is 1190. The number of phenols is 1. The molecule has 3 aliphatic rings. The third-order valence-electron chi connectivity index (χ3n) is 6.97. The maximum atomic E-state index is 13.1. The number of ether oxygens (including phenoxy) is 7. The van der Waals surface area contributed by atoms with E-state index >= 15 is 0 Å². The van der Waals surface area contributed by atoms with Gasteiger partial charge in [-0.2, -0.15) is 0 Å². The third kappa shape index (κ3) is 4.61. The number of rotatable bonds is 9. The van der Waals surface area contributed by atoms with E-state index in [0.717, 1.165) is 0 Å². The molecule has 12 nitrogen and oxygen atoms in total. The van der Waals surface area contributed by atoms with E-state index in [9.17, 15) is 14.7 Å². The van der Waals surface area contributed by atoms with E-state index in [0.29, 0.717) is 28.2 Å². The molecule has 1 fully saturated rings. The number of methoxy groups -OCH3 is 2. The monoisotopic (exact) mass is 531 g/mol. The SMILES string of the molecule is COc1cc([C@@H]2c3cc4c(cc3[C@@H](OC(=O)NCCOCCO)[C@@H]3COC(=O)[C@@H]23)OCO4)cc(OC)c1O. The van der Waals surface area contributed by atoms with Crippen molar-refractivity contribution in [3.63, 3.8) is 0 Å². The number of phenolic OH excluding ortho intramolecular Hbond substituents is 1. The number of cyclic esters (lactones) is 1. The standard InChI is InChI=1S/C26H29NO11/c1-32-19-7-13(8-20(33-2)23(19)29)21-14-9-17-18(37-12-36-17)10-15(14)24(16-11-35-25(30)22(16)21)38-26(31)27-3-5-34-6-4-28/h7-10,16,21-22,24,28-29H,3-6,11-12H2,1-2H3,(H,27,31)/t16-,21-,22-,24-/m1/s1. The second kappa shape index (κ2) is 10.8. The van der Waals surface area contributed by atoms with Crippen molar-refractivity contribution in [3.8, 4) is 28.7 Å². The van der Waals surface area contributed by atoms with Crippen LogP contribution in [0.3, 0.4) is 0 Å². The molecular weight excluding hydrogens is 502 g/mol. The van der Waals surface area contributed by atoms with Gasteiger partial charge in [-0.1, -0.05) is 0 Å². The summed E-state index contributed by atoms with van der Waals surface area (Å²) in [5.41, 5.74) is 1.99. The highest BCUT2D eigenvalue weighted by Crippen LogP contribution is 2.56. The molecule has 1 aliphatic carbocycles. The Morgan fingerprint density at radius 1 is 1.03 bits per heavy atom. The van der Waals surface area contributed by atoms with E-state index in [1.165, 1.54) is 14.2 Å². The molecule has 1 amide bonds. The first-order valence-corrected chi connectivity index (χ1v) is 12.1. The average Bonchev–Trinajstić information content (AvgIpc) is 3.54. The Labute approximate surface area is 218 Å². The highest BCUT2D eigenvalue weighted by Gasteiger charge is 2.54. The highest BCUT2D eigenvalue weighted by atomic mass is 16.7. The number of fused-ring (bicyclic) bond motifs is 3. The molecule has 2 aromatic carbocycles. The molecule has 0 aromatic heterocycles. The first-order valence-electron chi connectivity index (χ1n) is 12.1. The van der Waals surface area contributed by atoms with Gasteiger partial charge in [0, 0.05) is 23.9 Å². The summed E-state index contributed by atoms with van der Waals surface area (Å²) in [7, 11) is 2.85. The van der Waals surface area contributed by atoms with Crippen LogP contribution in [0.2, 0.25) is 0 Å². The quantitative estimate of drug-likeness (QED) is 0.321. The first-order chi connectivity index (χ1) is 18.5. The first kappa shape index (κ1) is 25.7. The fourth-order valence-corrected chi connectivity index (χ4v) is 5.31. The van der Waals surface area contributed by atoms with E-state index in [2.05, 4.69) is 5.32 Å². The van der Waals surface area contributed by atoms with Crippen LogP contribution in [0.1, 0.15) is 28.7 Å². The van der Waals surface area contributed by atoms with E-state index in [1.807, 2.05) is 0 Å². The Morgan fingerprint density at radius 2 is 1.71 bits per heavy atom. The topological polar surface area (TPSA) is 151 Å². The number of carbonyl (C=O) groups excluding carboxylic acids is 2. The van der Waals surface area contributed by atoms with E-state index in [-0.39, 0.29) is 57.0 Å². The van der Waals surface area contributed by atoms with Gasteiger partial charge in [0.05, 0.1) is 46.6 Å². The predicted octanol–water partition coefficient (Wildman–Crippen LogP) is 1.85. The zero-order valence-electron chi connectivity index (χ0n) is 20.9. The molecule has 204 valence electrons. The van der Waals surface area contributed by atoms with Crippen molar-refractivity contribution in [2.45, 2.75) is 12.0 Å². The normalized spacial score (nSPS) is 22.8. The van der Waals surface area contributed by atoms with Crippen LogP contribution >= 0.6 is 0 Å². The van der Waals surface area contributed by atoms with Crippen LogP contribution in [0.15, 0.2) is 24.3 Å². The summed E-state index contributed by atoms with van der Waals surface area (Å²) in [4.78, 5) is 25.9. The number of amides is 1. The smallest absolute Gasteiger partial charge is 0.407 e. The van der Waals surface area contributed by atoms with Crippen LogP contribution in [0.4, 0.5) is 4.79 Å².